The molecule has 1 rings (SSSR count). The first kappa shape index (κ1) is 14.0. The van der Waals surface area contributed by atoms with E-state index in [1.165, 1.54) is 18.2 Å². The maximum atomic E-state index is 11.5. The van der Waals surface area contributed by atoms with Crippen molar-refractivity contribution in [1.29, 1.82) is 0 Å². The Morgan fingerprint density at radius 2 is 2.00 bits per heavy atom. The number of aromatic hydroxyl groups is 1. The van der Waals surface area contributed by atoms with Gasteiger partial charge in [0.1, 0.15) is 11.3 Å². The summed E-state index contributed by atoms with van der Waals surface area (Å²) in [7, 11) is 0. The molecule has 6 nitrogen and oxygen atoms in total. The van der Waals surface area contributed by atoms with Crippen LogP contribution in [0.1, 0.15) is 29.6 Å². The van der Waals surface area contributed by atoms with E-state index in [0.29, 0.717) is 25.1 Å². The van der Waals surface area contributed by atoms with Gasteiger partial charge in [0.05, 0.1) is 0 Å². The monoisotopic (exact) mass is 252 g/mol. The number of hydrogen-bond acceptors (Lipinski definition) is 4. The highest BCUT2D eigenvalue weighted by atomic mass is 16.4. The smallest absolute Gasteiger partial charge is 0.339 e. The summed E-state index contributed by atoms with van der Waals surface area (Å²) in [5, 5.41) is 20.7. The molecule has 1 aromatic rings. The van der Waals surface area contributed by atoms with Crippen molar-refractivity contribution in [2.45, 2.75) is 19.3 Å². The predicted octanol–water partition coefficient (Wildman–Crippen LogP) is 1.16. The van der Waals surface area contributed by atoms with Crippen LogP contribution in [-0.4, -0.2) is 28.6 Å². The molecule has 0 spiro atoms. The lowest BCUT2D eigenvalue weighted by molar-refractivity contribution is -0.116. The summed E-state index contributed by atoms with van der Waals surface area (Å²) in [6.45, 7) is 0.537. The maximum Gasteiger partial charge on any atom is 0.339 e. The van der Waals surface area contributed by atoms with Crippen molar-refractivity contribution in [2.75, 3.05) is 11.9 Å². The van der Waals surface area contributed by atoms with E-state index in [1.807, 2.05) is 0 Å². The van der Waals surface area contributed by atoms with Crippen LogP contribution in [0.15, 0.2) is 18.2 Å². The number of aromatic carboxylic acids is 1. The van der Waals surface area contributed by atoms with Crippen LogP contribution in [0.5, 0.6) is 5.75 Å². The third kappa shape index (κ3) is 4.06. The Morgan fingerprint density at radius 3 is 2.61 bits per heavy atom. The summed E-state index contributed by atoms with van der Waals surface area (Å²) >= 11 is 0. The standard InChI is InChI=1S/C12H16N2O4/c13-6-2-1-3-11(16)14-8-4-5-10(15)9(7-8)12(17)18/h4-5,7,15H,1-3,6,13H2,(H,14,16)(H,17,18). The van der Waals surface area contributed by atoms with Crippen molar-refractivity contribution in [3.05, 3.63) is 23.8 Å². The first-order valence-electron chi connectivity index (χ1n) is 5.61. The van der Waals surface area contributed by atoms with Gasteiger partial charge < -0.3 is 21.3 Å². The fourth-order valence-corrected chi connectivity index (χ4v) is 1.44. The molecule has 0 saturated carbocycles. The van der Waals surface area contributed by atoms with Gasteiger partial charge in [-0.1, -0.05) is 0 Å². The van der Waals surface area contributed by atoms with E-state index in [4.69, 9.17) is 10.8 Å². The van der Waals surface area contributed by atoms with E-state index in [9.17, 15) is 14.7 Å². The SMILES string of the molecule is NCCCCC(=O)Nc1ccc(O)c(C(=O)O)c1. The number of unbranched alkanes of at least 4 members (excludes halogenated alkanes) is 1. The average Bonchev–Trinajstić information content (AvgIpc) is 2.31. The van der Waals surface area contributed by atoms with Gasteiger partial charge in [-0.2, -0.15) is 0 Å². The number of amides is 1. The number of benzene rings is 1. The van der Waals surface area contributed by atoms with Gasteiger partial charge in [0.15, 0.2) is 0 Å². The normalized spacial score (nSPS) is 10.1. The number of anilines is 1. The number of nitrogens with one attached hydrogen (secondary N) is 1. The number of carbonyl (C=O) groups is 2. The van der Waals surface area contributed by atoms with Crippen molar-refractivity contribution in [2.24, 2.45) is 5.73 Å². The van der Waals surface area contributed by atoms with Gasteiger partial charge >= 0.3 is 5.97 Å². The first-order valence-corrected chi connectivity index (χ1v) is 5.61. The summed E-state index contributed by atoms with van der Waals surface area (Å²) in [6.07, 6.45) is 1.79. The Labute approximate surface area is 104 Å². The molecule has 0 saturated heterocycles. The summed E-state index contributed by atoms with van der Waals surface area (Å²) < 4.78 is 0. The minimum Gasteiger partial charge on any atom is -0.507 e. The van der Waals surface area contributed by atoms with Crippen LogP contribution in [0.2, 0.25) is 0 Å². The van der Waals surface area contributed by atoms with Gasteiger partial charge in [0.2, 0.25) is 5.91 Å². The summed E-state index contributed by atoms with van der Waals surface area (Å²) in [5.74, 6) is -1.78. The Bertz CT molecular complexity index is 446. The Hall–Kier alpha value is -2.08. The largest absolute Gasteiger partial charge is 0.507 e. The predicted molar refractivity (Wildman–Crippen MR) is 66.6 cm³/mol. The molecule has 18 heavy (non-hydrogen) atoms. The van der Waals surface area contributed by atoms with Crippen LogP contribution in [0.3, 0.4) is 0 Å². The molecule has 6 heteroatoms. The minimum atomic E-state index is -1.24. The Morgan fingerprint density at radius 1 is 1.28 bits per heavy atom. The number of carbonyl (C=O) groups excluding carboxylic acids is 1. The number of hydrogen-bond donors (Lipinski definition) is 4. The summed E-state index contributed by atoms with van der Waals surface area (Å²) in [4.78, 5) is 22.3. The minimum absolute atomic E-state index is 0.203. The highest BCUT2D eigenvalue weighted by Crippen LogP contribution is 2.21. The number of rotatable bonds is 6. The second-order valence-electron chi connectivity index (χ2n) is 3.83. The molecule has 0 unspecified atom stereocenters. The van der Waals surface area contributed by atoms with Gasteiger partial charge in [0.25, 0.3) is 0 Å². The molecule has 0 aliphatic carbocycles. The van der Waals surface area contributed by atoms with Crippen LogP contribution in [0.4, 0.5) is 5.69 Å². The highest BCUT2D eigenvalue weighted by Gasteiger charge is 2.11. The zero-order valence-electron chi connectivity index (χ0n) is 9.85. The van der Waals surface area contributed by atoms with Crippen LogP contribution in [-0.2, 0) is 4.79 Å². The van der Waals surface area contributed by atoms with Crippen molar-refractivity contribution < 1.29 is 19.8 Å². The highest BCUT2D eigenvalue weighted by molar-refractivity contribution is 5.95. The molecule has 1 amide bonds. The number of nitrogens with two attached hydrogens (primary N) is 1. The van der Waals surface area contributed by atoms with E-state index < -0.39 is 5.97 Å². The fourth-order valence-electron chi connectivity index (χ4n) is 1.44. The molecule has 0 aliphatic rings. The van der Waals surface area contributed by atoms with Gasteiger partial charge in [-0.3, -0.25) is 4.79 Å². The molecule has 0 radical (unpaired) electrons. The molecule has 0 heterocycles. The molecule has 1 aromatic carbocycles. The molecule has 5 N–H and O–H groups in total. The molecule has 0 bridgehead atoms. The van der Waals surface area contributed by atoms with Gasteiger partial charge in [0, 0.05) is 12.1 Å². The van der Waals surface area contributed by atoms with Gasteiger partial charge in [-0.15, -0.1) is 0 Å². The van der Waals surface area contributed by atoms with E-state index in [1.54, 1.807) is 0 Å². The number of phenols is 1. The van der Waals surface area contributed by atoms with Gasteiger partial charge in [-0.05, 0) is 37.6 Å². The van der Waals surface area contributed by atoms with Crippen LogP contribution < -0.4 is 11.1 Å². The maximum absolute atomic E-state index is 11.5. The third-order valence-electron chi connectivity index (χ3n) is 2.37. The number of carboxylic acid groups (broad SMARTS) is 1. The van der Waals surface area contributed by atoms with E-state index >= 15 is 0 Å². The molecule has 0 aromatic heterocycles. The lowest BCUT2D eigenvalue weighted by Gasteiger charge is -2.07. The first-order chi connectivity index (χ1) is 8.54. The van der Waals surface area contributed by atoms with E-state index in [-0.39, 0.29) is 17.2 Å². The average molecular weight is 252 g/mol. The molecular weight excluding hydrogens is 236 g/mol. The van der Waals surface area contributed by atoms with Gasteiger partial charge in [-0.25, -0.2) is 4.79 Å². The quantitative estimate of drug-likeness (QED) is 0.448. The Balaban J connectivity index is 2.65. The molecule has 0 fully saturated rings. The second kappa shape index (κ2) is 6.61. The second-order valence-corrected chi connectivity index (χ2v) is 3.83. The summed E-state index contributed by atoms with van der Waals surface area (Å²) in [6, 6.07) is 3.90. The lowest BCUT2D eigenvalue weighted by atomic mass is 10.1. The van der Waals surface area contributed by atoms with Crippen molar-refractivity contribution in [1.82, 2.24) is 0 Å². The zero-order valence-corrected chi connectivity index (χ0v) is 9.85. The molecule has 0 aliphatic heterocycles. The van der Waals surface area contributed by atoms with Crippen molar-refractivity contribution >= 4 is 17.6 Å². The van der Waals surface area contributed by atoms with E-state index in [0.717, 1.165) is 6.42 Å². The lowest BCUT2D eigenvalue weighted by Crippen LogP contribution is -2.12. The number of carboxylic acids is 1. The topological polar surface area (TPSA) is 113 Å². The van der Waals surface area contributed by atoms with Crippen molar-refractivity contribution in [3.63, 3.8) is 0 Å². The molecule has 0 atom stereocenters. The molecule has 98 valence electrons. The van der Waals surface area contributed by atoms with Crippen LogP contribution in [0, 0.1) is 0 Å². The Kier molecular flexibility index (Phi) is 5.13. The van der Waals surface area contributed by atoms with E-state index in [2.05, 4.69) is 5.32 Å². The third-order valence-corrected chi connectivity index (χ3v) is 2.37. The summed E-state index contributed by atoms with van der Waals surface area (Å²) in [5.41, 5.74) is 5.42. The molecular formula is C12H16N2O4. The zero-order chi connectivity index (χ0) is 13.5. The van der Waals surface area contributed by atoms with Crippen molar-refractivity contribution in [3.8, 4) is 5.75 Å². The van der Waals surface area contributed by atoms with Crippen LogP contribution >= 0.6 is 0 Å². The van der Waals surface area contributed by atoms with Crippen LogP contribution in [0.25, 0.3) is 0 Å². The fraction of sp³-hybridized carbons (Fsp3) is 0.333.